The Morgan fingerprint density at radius 2 is 1.40 bits per heavy atom. The van der Waals surface area contributed by atoms with E-state index in [1.165, 1.54) is 12.2 Å². The van der Waals surface area contributed by atoms with Gasteiger partial charge in [0, 0.05) is 23.5 Å². The molecule has 3 nitrogen and oxygen atoms in total. The molecular weight excluding hydrogens is 128 g/mol. The molecule has 0 rings (SSSR count). The van der Waals surface area contributed by atoms with Gasteiger partial charge < -0.3 is 11.5 Å². The van der Waals surface area contributed by atoms with Crippen LogP contribution in [-0.2, 0) is 4.79 Å². The van der Waals surface area contributed by atoms with E-state index in [9.17, 15) is 4.79 Å². The molecule has 0 aliphatic heterocycles. The molecule has 0 amide bonds. The number of ketones is 1. The van der Waals surface area contributed by atoms with E-state index >= 15 is 0 Å². The van der Waals surface area contributed by atoms with Gasteiger partial charge in [-0.3, -0.25) is 4.79 Å². The molecule has 3 heteroatoms. The number of rotatable bonds is 2. The Hall–Kier alpha value is -1.25. The third kappa shape index (κ3) is 4.90. The summed E-state index contributed by atoms with van der Waals surface area (Å²) in [6.07, 6.45) is 2.66. The smallest absolute Gasteiger partial charge is 0.182 e. The van der Waals surface area contributed by atoms with Gasteiger partial charge in [-0.1, -0.05) is 0 Å². The second kappa shape index (κ2) is 3.71. The van der Waals surface area contributed by atoms with Crippen molar-refractivity contribution in [2.24, 2.45) is 11.5 Å². The highest BCUT2D eigenvalue weighted by Crippen LogP contribution is 1.86. The van der Waals surface area contributed by atoms with Crippen molar-refractivity contribution in [2.45, 2.75) is 13.8 Å². The minimum Gasteiger partial charge on any atom is -0.402 e. The lowest BCUT2D eigenvalue weighted by molar-refractivity contribution is -0.110. The molecule has 0 spiro atoms. The van der Waals surface area contributed by atoms with Gasteiger partial charge >= 0.3 is 0 Å². The Bertz CT molecular complexity index is 164. The van der Waals surface area contributed by atoms with Crippen molar-refractivity contribution < 1.29 is 4.79 Å². The number of hydrogen-bond acceptors (Lipinski definition) is 3. The van der Waals surface area contributed by atoms with Crippen molar-refractivity contribution >= 4 is 5.78 Å². The van der Waals surface area contributed by atoms with Crippen molar-refractivity contribution in [3.05, 3.63) is 23.5 Å². The van der Waals surface area contributed by atoms with Gasteiger partial charge in [-0.05, 0) is 13.8 Å². The standard InChI is InChI=1S/C7H12N2O/c1-5(8)3-7(10)4-6(2)9/h3-4H,8-9H2,1-2H3/b5-3-,6-4-. The lowest BCUT2D eigenvalue weighted by Gasteiger charge is -1.88. The van der Waals surface area contributed by atoms with Crippen LogP contribution in [0.5, 0.6) is 0 Å². The Morgan fingerprint density at radius 1 is 1.10 bits per heavy atom. The number of hydrogen-bond donors (Lipinski definition) is 2. The maximum atomic E-state index is 10.8. The number of carbonyl (C=O) groups is 1. The average molecular weight is 140 g/mol. The van der Waals surface area contributed by atoms with Gasteiger partial charge in [-0.15, -0.1) is 0 Å². The number of carbonyl (C=O) groups excluding carboxylic acids is 1. The van der Waals surface area contributed by atoms with Crippen LogP contribution >= 0.6 is 0 Å². The summed E-state index contributed by atoms with van der Waals surface area (Å²) >= 11 is 0. The van der Waals surface area contributed by atoms with Crippen molar-refractivity contribution in [2.75, 3.05) is 0 Å². The van der Waals surface area contributed by atoms with E-state index in [4.69, 9.17) is 11.5 Å². The van der Waals surface area contributed by atoms with Crippen LogP contribution in [0.2, 0.25) is 0 Å². The molecule has 0 unspecified atom stereocenters. The second-order valence-corrected chi connectivity index (χ2v) is 2.18. The molecule has 0 bridgehead atoms. The molecule has 0 aliphatic rings. The Labute approximate surface area is 60.4 Å². The van der Waals surface area contributed by atoms with E-state index in [0.717, 1.165) is 0 Å². The van der Waals surface area contributed by atoms with E-state index in [0.29, 0.717) is 11.4 Å². The van der Waals surface area contributed by atoms with Gasteiger partial charge in [0.1, 0.15) is 0 Å². The van der Waals surface area contributed by atoms with Gasteiger partial charge in [0.2, 0.25) is 0 Å². The van der Waals surface area contributed by atoms with E-state index in [1.54, 1.807) is 13.8 Å². The molecule has 0 aromatic rings. The summed E-state index contributed by atoms with van der Waals surface area (Å²) in [6, 6.07) is 0. The van der Waals surface area contributed by atoms with Crippen LogP contribution in [0.25, 0.3) is 0 Å². The molecule has 4 N–H and O–H groups in total. The molecule has 0 heterocycles. The molecule has 0 aromatic heterocycles. The third-order valence-corrected chi connectivity index (χ3v) is 0.740. The molecule has 56 valence electrons. The van der Waals surface area contributed by atoms with E-state index < -0.39 is 0 Å². The normalized spacial score (nSPS) is 13.4. The summed E-state index contributed by atoms with van der Waals surface area (Å²) in [5, 5.41) is 0. The van der Waals surface area contributed by atoms with E-state index in [1.807, 2.05) is 0 Å². The molecular formula is C7H12N2O. The van der Waals surface area contributed by atoms with Crippen LogP contribution in [-0.4, -0.2) is 5.78 Å². The first kappa shape index (κ1) is 8.75. The predicted octanol–water partition coefficient (Wildman–Crippen LogP) is 0.281. The summed E-state index contributed by atoms with van der Waals surface area (Å²) in [4.78, 5) is 10.8. The first-order chi connectivity index (χ1) is 4.52. The van der Waals surface area contributed by atoms with Gasteiger partial charge in [-0.2, -0.15) is 0 Å². The van der Waals surface area contributed by atoms with Crippen LogP contribution < -0.4 is 11.5 Å². The quantitative estimate of drug-likeness (QED) is 0.541. The fourth-order valence-corrected chi connectivity index (χ4v) is 0.490. The van der Waals surface area contributed by atoms with Crippen molar-refractivity contribution in [3.8, 4) is 0 Å². The van der Waals surface area contributed by atoms with Crippen molar-refractivity contribution in [1.82, 2.24) is 0 Å². The summed E-state index contributed by atoms with van der Waals surface area (Å²) in [5.74, 6) is -0.167. The molecule has 0 aliphatic carbocycles. The first-order valence-electron chi connectivity index (χ1n) is 2.94. The molecule has 0 atom stereocenters. The van der Waals surface area contributed by atoms with Crippen LogP contribution in [0.4, 0.5) is 0 Å². The Morgan fingerprint density at radius 3 is 1.60 bits per heavy atom. The van der Waals surface area contributed by atoms with Crippen LogP contribution in [0.1, 0.15) is 13.8 Å². The maximum Gasteiger partial charge on any atom is 0.182 e. The summed E-state index contributed by atoms with van der Waals surface area (Å²) < 4.78 is 0. The summed E-state index contributed by atoms with van der Waals surface area (Å²) in [5.41, 5.74) is 11.5. The highest BCUT2D eigenvalue weighted by molar-refractivity contribution is 5.99. The fourth-order valence-electron chi connectivity index (χ4n) is 0.490. The summed E-state index contributed by atoms with van der Waals surface area (Å²) in [7, 11) is 0. The third-order valence-electron chi connectivity index (χ3n) is 0.740. The van der Waals surface area contributed by atoms with Gasteiger partial charge in [-0.25, -0.2) is 0 Å². The molecule has 0 radical (unpaired) electrons. The van der Waals surface area contributed by atoms with E-state index in [2.05, 4.69) is 0 Å². The lowest BCUT2D eigenvalue weighted by Crippen LogP contribution is -1.99. The topological polar surface area (TPSA) is 69.1 Å². The zero-order valence-electron chi connectivity index (χ0n) is 6.22. The minimum absolute atomic E-state index is 0.167. The second-order valence-electron chi connectivity index (χ2n) is 2.18. The summed E-state index contributed by atoms with van der Waals surface area (Å²) in [6.45, 7) is 3.30. The molecule has 0 fully saturated rings. The minimum atomic E-state index is -0.167. The van der Waals surface area contributed by atoms with Gasteiger partial charge in [0.05, 0.1) is 0 Å². The van der Waals surface area contributed by atoms with Crippen LogP contribution in [0.15, 0.2) is 23.5 Å². The Kier molecular flexibility index (Phi) is 3.25. The molecule has 0 saturated carbocycles. The lowest BCUT2D eigenvalue weighted by atomic mass is 10.3. The average Bonchev–Trinajstić information content (AvgIpc) is 1.58. The van der Waals surface area contributed by atoms with E-state index in [-0.39, 0.29) is 5.78 Å². The zero-order valence-corrected chi connectivity index (χ0v) is 6.22. The first-order valence-corrected chi connectivity index (χ1v) is 2.94. The highest BCUT2D eigenvalue weighted by Gasteiger charge is 1.90. The number of allylic oxidation sites excluding steroid dienone is 4. The molecule has 0 aromatic carbocycles. The Balaban J connectivity index is 4.14. The predicted molar refractivity (Wildman–Crippen MR) is 40.9 cm³/mol. The number of nitrogens with two attached hydrogens (primary N) is 2. The zero-order chi connectivity index (χ0) is 8.15. The van der Waals surface area contributed by atoms with Crippen molar-refractivity contribution in [1.29, 1.82) is 0 Å². The highest BCUT2D eigenvalue weighted by atomic mass is 16.1. The van der Waals surface area contributed by atoms with Crippen molar-refractivity contribution in [3.63, 3.8) is 0 Å². The monoisotopic (exact) mass is 140 g/mol. The molecule has 10 heavy (non-hydrogen) atoms. The van der Waals surface area contributed by atoms with Crippen LogP contribution in [0.3, 0.4) is 0 Å². The van der Waals surface area contributed by atoms with Gasteiger partial charge in [0.25, 0.3) is 0 Å². The largest absolute Gasteiger partial charge is 0.402 e. The molecule has 0 saturated heterocycles. The van der Waals surface area contributed by atoms with Gasteiger partial charge in [0.15, 0.2) is 5.78 Å². The maximum absolute atomic E-state index is 10.8. The SMILES string of the molecule is C/C(N)=C/C(=O)/C=C(/C)N. The fraction of sp³-hybridized carbons (Fsp3) is 0.286. The van der Waals surface area contributed by atoms with Crippen LogP contribution in [0, 0.1) is 0 Å².